The lowest BCUT2D eigenvalue weighted by atomic mass is 9.80. The summed E-state index contributed by atoms with van der Waals surface area (Å²) >= 11 is 0. The molecule has 18 heavy (non-hydrogen) atoms. The van der Waals surface area contributed by atoms with E-state index in [4.69, 9.17) is 0 Å². The van der Waals surface area contributed by atoms with Gasteiger partial charge in [0.1, 0.15) is 0 Å². The monoisotopic (exact) mass is 249 g/mol. The fourth-order valence-corrected chi connectivity index (χ4v) is 2.45. The maximum absolute atomic E-state index is 11.8. The smallest absolute Gasteiger partial charge is 0.230 e. The Labute approximate surface area is 107 Å². The van der Waals surface area contributed by atoms with Crippen molar-refractivity contribution in [2.75, 3.05) is 0 Å². The van der Waals surface area contributed by atoms with Crippen molar-refractivity contribution in [2.45, 2.75) is 45.6 Å². The number of amides is 2. The third kappa shape index (κ3) is 2.30. The molecule has 0 saturated carbocycles. The summed E-state index contributed by atoms with van der Waals surface area (Å²) in [6.07, 6.45) is 4.83. The van der Waals surface area contributed by atoms with Gasteiger partial charge in [-0.25, -0.2) is 0 Å². The molecular formula is C13H19N3O2. The molecule has 0 aromatic carbocycles. The second-order valence-corrected chi connectivity index (χ2v) is 5.09. The lowest BCUT2D eigenvalue weighted by Crippen LogP contribution is -2.44. The number of aromatic nitrogens is 2. The number of hydrogen-bond donors (Lipinski definition) is 1. The Morgan fingerprint density at radius 3 is 2.78 bits per heavy atom. The molecule has 1 N–H and O–H groups in total. The van der Waals surface area contributed by atoms with Crippen molar-refractivity contribution in [1.82, 2.24) is 15.1 Å². The summed E-state index contributed by atoms with van der Waals surface area (Å²) in [5.74, 6) is -0.515. The average molecular weight is 249 g/mol. The molecule has 0 radical (unpaired) electrons. The van der Waals surface area contributed by atoms with Crippen LogP contribution in [0.1, 0.15) is 51.1 Å². The molecule has 2 heterocycles. The highest BCUT2D eigenvalue weighted by atomic mass is 16.2. The second kappa shape index (κ2) is 4.92. The molecule has 2 amide bonds. The van der Waals surface area contributed by atoms with Gasteiger partial charge in [-0.3, -0.25) is 19.6 Å². The fraction of sp³-hybridized carbons (Fsp3) is 0.615. The molecule has 1 aromatic rings. The van der Waals surface area contributed by atoms with Crippen LogP contribution in [0.5, 0.6) is 0 Å². The zero-order chi connectivity index (χ0) is 13.3. The summed E-state index contributed by atoms with van der Waals surface area (Å²) in [7, 11) is 0. The molecule has 2 rings (SSSR count). The van der Waals surface area contributed by atoms with Gasteiger partial charge in [0.05, 0.1) is 6.20 Å². The molecule has 1 aliphatic rings. The molecule has 2 unspecified atom stereocenters. The van der Waals surface area contributed by atoms with Crippen molar-refractivity contribution >= 4 is 11.8 Å². The third-order valence-corrected chi connectivity index (χ3v) is 3.51. The zero-order valence-corrected chi connectivity index (χ0v) is 11.0. The van der Waals surface area contributed by atoms with Crippen LogP contribution < -0.4 is 5.32 Å². The Morgan fingerprint density at radius 2 is 2.22 bits per heavy atom. The van der Waals surface area contributed by atoms with Crippen molar-refractivity contribution in [1.29, 1.82) is 0 Å². The maximum atomic E-state index is 11.8. The van der Waals surface area contributed by atoms with Crippen LogP contribution in [0, 0.1) is 5.92 Å². The van der Waals surface area contributed by atoms with Gasteiger partial charge in [0.2, 0.25) is 11.8 Å². The molecule has 0 aliphatic carbocycles. The van der Waals surface area contributed by atoms with Crippen LogP contribution in [-0.2, 0) is 9.59 Å². The standard InChI is InChI=1S/C13H19N3O2/c1-4-10-11(5-12(17)15-13(10)18)9-6-14-16(7-9)8(2)3/h6-8,10-11H,4-5H2,1-3H3,(H,15,17,18). The first kappa shape index (κ1) is 12.8. The molecule has 1 aliphatic heterocycles. The van der Waals surface area contributed by atoms with E-state index < -0.39 is 0 Å². The van der Waals surface area contributed by atoms with Gasteiger partial charge < -0.3 is 0 Å². The predicted molar refractivity (Wildman–Crippen MR) is 66.9 cm³/mol. The first-order valence-electron chi connectivity index (χ1n) is 6.40. The first-order chi connectivity index (χ1) is 8.52. The fourth-order valence-electron chi connectivity index (χ4n) is 2.45. The Hall–Kier alpha value is -1.65. The van der Waals surface area contributed by atoms with E-state index >= 15 is 0 Å². The van der Waals surface area contributed by atoms with Crippen molar-refractivity contribution in [3.8, 4) is 0 Å². The summed E-state index contributed by atoms with van der Waals surface area (Å²) in [6.45, 7) is 6.07. The Bertz CT molecular complexity index is 465. The summed E-state index contributed by atoms with van der Waals surface area (Å²) in [5.41, 5.74) is 0.985. The first-order valence-corrected chi connectivity index (χ1v) is 6.40. The Morgan fingerprint density at radius 1 is 1.50 bits per heavy atom. The Balaban J connectivity index is 2.27. The number of carbonyl (C=O) groups is 2. The van der Waals surface area contributed by atoms with Crippen LogP contribution in [-0.4, -0.2) is 21.6 Å². The van der Waals surface area contributed by atoms with Gasteiger partial charge >= 0.3 is 0 Å². The van der Waals surface area contributed by atoms with Crippen LogP contribution in [0.3, 0.4) is 0 Å². The number of hydrogen-bond acceptors (Lipinski definition) is 3. The number of carbonyl (C=O) groups excluding carboxylic acids is 2. The van der Waals surface area contributed by atoms with Crippen molar-refractivity contribution in [2.24, 2.45) is 5.92 Å². The van der Waals surface area contributed by atoms with Gasteiger partial charge in [0.15, 0.2) is 0 Å². The molecule has 1 fully saturated rings. The topological polar surface area (TPSA) is 64.0 Å². The minimum atomic E-state index is -0.188. The number of imide groups is 1. The van der Waals surface area contributed by atoms with Gasteiger partial charge in [0.25, 0.3) is 0 Å². The van der Waals surface area contributed by atoms with Crippen LogP contribution in [0.25, 0.3) is 0 Å². The van der Waals surface area contributed by atoms with E-state index in [-0.39, 0.29) is 29.7 Å². The lowest BCUT2D eigenvalue weighted by Gasteiger charge is -2.28. The van der Waals surface area contributed by atoms with E-state index in [1.807, 2.05) is 31.6 Å². The highest BCUT2D eigenvalue weighted by molar-refractivity contribution is 5.99. The van der Waals surface area contributed by atoms with E-state index in [1.165, 1.54) is 0 Å². The molecule has 1 aromatic heterocycles. The summed E-state index contributed by atoms with van der Waals surface area (Å²) in [4.78, 5) is 23.3. The number of rotatable bonds is 3. The molecule has 1 saturated heterocycles. The molecule has 5 heteroatoms. The molecule has 98 valence electrons. The maximum Gasteiger partial charge on any atom is 0.230 e. The van der Waals surface area contributed by atoms with Crippen LogP contribution in [0.4, 0.5) is 0 Å². The molecule has 0 spiro atoms. The Kier molecular flexibility index (Phi) is 3.50. The summed E-state index contributed by atoms with van der Waals surface area (Å²) in [6, 6.07) is 0.284. The van der Waals surface area contributed by atoms with Gasteiger partial charge in [-0.05, 0) is 25.8 Å². The number of nitrogens with one attached hydrogen (secondary N) is 1. The van der Waals surface area contributed by atoms with Crippen molar-refractivity contribution < 1.29 is 9.59 Å². The molecule has 5 nitrogen and oxygen atoms in total. The van der Waals surface area contributed by atoms with Crippen molar-refractivity contribution in [3.63, 3.8) is 0 Å². The van der Waals surface area contributed by atoms with Gasteiger partial charge in [-0.2, -0.15) is 5.10 Å². The van der Waals surface area contributed by atoms with Crippen LogP contribution in [0.15, 0.2) is 12.4 Å². The van der Waals surface area contributed by atoms with E-state index in [9.17, 15) is 9.59 Å². The largest absolute Gasteiger partial charge is 0.296 e. The van der Waals surface area contributed by atoms with E-state index in [2.05, 4.69) is 10.4 Å². The van der Waals surface area contributed by atoms with Crippen molar-refractivity contribution in [3.05, 3.63) is 18.0 Å². The normalized spacial score (nSPS) is 24.4. The molecular weight excluding hydrogens is 230 g/mol. The van der Waals surface area contributed by atoms with Crippen LogP contribution in [0.2, 0.25) is 0 Å². The lowest BCUT2D eigenvalue weighted by molar-refractivity contribution is -0.137. The third-order valence-electron chi connectivity index (χ3n) is 3.51. The second-order valence-electron chi connectivity index (χ2n) is 5.09. The quantitative estimate of drug-likeness (QED) is 0.828. The SMILES string of the molecule is CCC1C(=O)NC(=O)CC1c1cnn(C(C)C)c1. The van der Waals surface area contributed by atoms with Crippen LogP contribution >= 0.6 is 0 Å². The van der Waals surface area contributed by atoms with E-state index in [0.29, 0.717) is 6.42 Å². The average Bonchev–Trinajstić information content (AvgIpc) is 2.77. The highest BCUT2D eigenvalue weighted by Gasteiger charge is 2.36. The minimum absolute atomic E-state index is 0.0382. The van der Waals surface area contributed by atoms with E-state index in [1.54, 1.807) is 6.20 Å². The van der Waals surface area contributed by atoms with Gasteiger partial charge in [0, 0.05) is 30.5 Å². The number of piperidine rings is 1. The zero-order valence-electron chi connectivity index (χ0n) is 11.0. The molecule has 0 bridgehead atoms. The summed E-state index contributed by atoms with van der Waals surface area (Å²) in [5, 5.41) is 6.69. The van der Waals surface area contributed by atoms with Gasteiger partial charge in [-0.1, -0.05) is 6.92 Å². The number of nitrogens with zero attached hydrogens (tertiary/aromatic N) is 2. The van der Waals surface area contributed by atoms with Gasteiger partial charge in [-0.15, -0.1) is 0 Å². The predicted octanol–water partition coefficient (Wildman–Crippen LogP) is 1.62. The van der Waals surface area contributed by atoms with E-state index in [0.717, 1.165) is 12.0 Å². The summed E-state index contributed by atoms with van der Waals surface area (Å²) < 4.78 is 1.86. The molecule has 2 atom stereocenters. The minimum Gasteiger partial charge on any atom is -0.296 e. The highest BCUT2D eigenvalue weighted by Crippen LogP contribution is 2.33.